The van der Waals surface area contributed by atoms with E-state index in [1.54, 1.807) is 0 Å². The van der Waals surface area contributed by atoms with E-state index < -0.39 is 5.60 Å². The number of nitrogens with one attached hydrogen (secondary N) is 1. The molecule has 1 saturated heterocycles. The Labute approximate surface area is 106 Å². The zero-order valence-electron chi connectivity index (χ0n) is 12.0. The number of ether oxygens (including phenoxy) is 1. The molecule has 3 atom stereocenters. The summed E-state index contributed by atoms with van der Waals surface area (Å²) < 4.78 is 5.71. The van der Waals surface area contributed by atoms with Crippen LogP contribution in [-0.4, -0.2) is 35.5 Å². The highest BCUT2D eigenvalue weighted by Crippen LogP contribution is 2.21. The normalized spacial score (nSPS) is 33.7. The minimum Gasteiger partial charge on any atom is -0.389 e. The Morgan fingerprint density at radius 1 is 1.29 bits per heavy atom. The van der Waals surface area contributed by atoms with Gasteiger partial charge in [0.2, 0.25) is 0 Å². The molecule has 3 heteroatoms. The summed E-state index contributed by atoms with van der Waals surface area (Å²) in [6, 6.07) is 0.479. The molecule has 102 valence electrons. The number of aliphatic hydroxyl groups is 1. The third kappa shape index (κ3) is 5.84. The van der Waals surface area contributed by atoms with E-state index in [4.69, 9.17) is 4.74 Å². The summed E-state index contributed by atoms with van der Waals surface area (Å²) in [5.74, 6) is 0.527. The van der Waals surface area contributed by atoms with E-state index in [0.717, 1.165) is 19.3 Å². The third-order valence-corrected chi connectivity index (χ3v) is 3.32. The topological polar surface area (TPSA) is 41.5 Å². The number of rotatable bonds is 5. The van der Waals surface area contributed by atoms with Gasteiger partial charge < -0.3 is 15.2 Å². The lowest BCUT2D eigenvalue weighted by molar-refractivity contribution is -0.0469. The maximum absolute atomic E-state index is 10.3. The average molecular weight is 243 g/mol. The van der Waals surface area contributed by atoms with E-state index in [1.165, 1.54) is 0 Å². The summed E-state index contributed by atoms with van der Waals surface area (Å²) in [5.41, 5.74) is -0.598. The standard InChI is InChI=1S/C14H29NO2/c1-10(2)8-14(5,16)9-15-13-6-11(3)17-12(4)7-13/h10-13,15-16H,6-9H2,1-5H3. The van der Waals surface area contributed by atoms with Crippen molar-refractivity contribution in [3.05, 3.63) is 0 Å². The molecule has 17 heavy (non-hydrogen) atoms. The molecule has 0 aromatic heterocycles. The van der Waals surface area contributed by atoms with Gasteiger partial charge >= 0.3 is 0 Å². The fourth-order valence-corrected chi connectivity index (χ4v) is 2.89. The van der Waals surface area contributed by atoms with Crippen molar-refractivity contribution in [1.82, 2.24) is 5.32 Å². The highest BCUT2D eigenvalue weighted by Gasteiger charge is 2.27. The van der Waals surface area contributed by atoms with Crippen molar-refractivity contribution >= 4 is 0 Å². The molecule has 0 spiro atoms. The van der Waals surface area contributed by atoms with E-state index in [0.29, 0.717) is 30.7 Å². The lowest BCUT2D eigenvalue weighted by atomic mass is 9.93. The van der Waals surface area contributed by atoms with Gasteiger partial charge in [0.25, 0.3) is 0 Å². The Morgan fingerprint density at radius 2 is 1.82 bits per heavy atom. The first kappa shape index (κ1) is 14.9. The lowest BCUT2D eigenvalue weighted by Gasteiger charge is -2.35. The van der Waals surface area contributed by atoms with Gasteiger partial charge in [-0.1, -0.05) is 13.8 Å². The molecule has 0 aromatic rings. The van der Waals surface area contributed by atoms with Crippen molar-refractivity contribution in [3.63, 3.8) is 0 Å². The molecule has 3 nitrogen and oxygen atoms in total. The van der Waals surface area contributed by atoms with Crippen LogP contribution in [0.1, 0.15) is 53.9 Å². The van der Waals surface area contributed by atoms with Crippen molar-refractivity contribution in [1.29, 1.82) is 0 Å². The van der Waals surface area contributed by atoms with Crippen molar-refractivity contribution in [3.8, 4) is 0 Å². The number of hydrogen-bond donors (Lipinski definition) is 2. The van der Waals surface area contributed by atoms with Gasteiger partial charge in [-0.3, -0.25) is 0 Å². The van der Waals surface area contributed by atoms with Gasteiger partial charge in [-0.05, 0) is 46.0 Å². The molecule has 1 rings (SSSR count). The second-order valence-corrected chi connectivity index (χ2v) is 6.40. The fraction of sp³-hybridized carbons (Fsp3) is 1.00. The van der Waals surface area contributed by atoms with Crippen molar-refractivity contribution in [2.75, 3.05) is 6.54 Å². The second kappa shape index (κ2) is 6.17. The van der Waals surface area contributed by atoms with Gasteiger partial charge in [-0.15, -0.1) is 0 Å². The molecule has 1 aliphatic rings. The largest absolute Gasteiger partial charge is 0.389 e. The van der Waals surface area contributed by atoms with Crippen LogP contribution in [0.3, 0.4) is 0 Å². The SMILES string of the molecule is CC(C)CC(C)(O)CNC1CC(C)OC(C)C1. The Balaban J connectivity index is 2.34. The maximum Gasteiger partial charge on any atom is 0.0746 e. The minimum absolute atomic E-state index is 0.325. The third-order valence-electron chi connectivity index (χ3n) is 3.32. The fourth-order valence-electron chi connectivity index (χ4n) is 2.89. The molecule has 0 saturated carbocycles. The van der Waals surface area contributed by atoms with Crippen molar-refractivity contribution in [2.45, 2.75) is 77.7 Å². The first-order chi connectivity index (χ1) is 7.78. The van der Waals surface area contributed by atoms with Gasteiger partial charge in [0, 0.05) is 12.6 Å². The van der Waals surface area contributed by atoms with Crippen molar-refractivity contribution < 1.29 is 9.84 Å². The Bertz CT molecular complexity index is 218. The van der Waals surface area contributed by atoms with Crippen LogP contribution in [0.2, 0.25) is 0 Å². The first-order valence-corrected chi connectivity index (χ1v) is 6.89. The summed E-state index contributed by atoms with van der Waals surface area (Å²) in [6.45, 7) is 11.1. The van der Waals surface area contributed by atoms with E-state index in [-0.39, 0.29) is 0 Å². The predicted octanol–water partition coefficient (Wildman–Crippen LogP) is 2.33. The van der Waals surface area contributed by atoms with E-state index in [1.807, 2.05) is 6.92 Å². The zero-order chi connectivity index (χ0) is 13.1. The summed E-state index contributed by atoms with van der Waals surface area (Å²) in [5, 5.41) is 13.8. The van der Waals surface area contributed by atoms with Gasteiger partial charge in [0.05, 0.1) is 17.8 Å². The van der Waals surface area contributed by atoms with Gasteiger partial charge in [-0.2, -0.15) is 0 Å². The molecule has 3 unspecified atom stereocenters. The molecular weight excluding hydrogens is 214 g/mol. The van der Waals surface area contributed by atoms with Crippen LogP contribution < -0.4 is 5.32 Å². The van der Waals surface area contributed by atoms with Gasteiger partial charge in [-0.25, -0.2) is 0 Å². The summed E-state index contributed by atoms with van der Waals surface area (Å²) in [7, 11) is 0. The van der Waals surface area contributed by atoms with Crippen LogP contribution in [0.5, 0.6) is 0 Å². The molecule has 0 aromatic carbocycles. The highest BCUT2D eigenvalue weighted by atomic mass is 16.5. The highest BCUT2D eigenvalue weighted by molar-refractivity contribution is 4.83. The second-order valence-electron chi connectivity index (χ2n) is 6.40. The quantitative estimate of drug-likeness (QED) is 0.778. The monoisotopic (exact) mass is 243 g/mol. The van der Waals surface area contributed by atoms with Crippen molar-refractivity contribution in [2.24, 2.45) is 5.92 Å². The molecule has 0 radical (unpaired) electrons. The van der Waals surface area contributed by atoms with Crippen LogP contribution >= 0.6 is 0 Å². The summed E-state index contributed by atoms with van der Waals surface area (Å²) in [4.78, 5) is 0. The molecule has 2 N–H and O–H groups in total. The average Bonchev–Trinajstić information content (AvgIpc) is 2.11. The Hall–Kier alpha value is -0.120. The van der Waals surface area contributed by atoms with Crippen LogP contribution in [0.25, 0.3) is 0 Å². The summed E-state index contributed by atoms with van der Waals surface area (Å²) in [6.07, 6.45) is 3.58. The molecule has 0 bridgehead atoms. The molecule has 1 aliphatic heterocycles. The maximum atomic E-state index is 10.3. The van der Waals surface area contributed by atoms with Gasteiger partial charge in [0.15, 0.2) is 0 Å². The van der Waals surface area contributed by atoms with Crippen LogP contribution in [0.4, 0.5) is 0 Å². The van der Waals surface area contributed by atoms with Crippen LogP contribution in [0.15, 0.2) is 0 Å². The Kier molecular flexibility index (Phi) is 5.42. The first-order valence-electron chi connectivity index (χ1n) is 6.89. The summed E-state index contributed by atoms with van der Waals surface area (Å²) >= 11 is 0. The molecule has 1 heterocycles. The smallest absolute Gasteiger partial charge is 0.0746 e. The van der Waals surface area contributed by atoms with Crippen LogP contribution in [0, 0.1) is 5.92 Å². The van der Waals surface area contributed by atoms with E-state index in [2.05, 4.69) is 33.0 Å². The molecule has 1 fully saturated rings. The van der Waals surface area contributed by atoms with Gasteiger partial charge in [0.1, 0.15) is 0 Å². The molecule has 0 aliphatic carbocycles. The van der Waals surface area contributed by atoms with E-state index in [9.17, 15) is 5.11 Å². The zero-order valence-corrected chi connectivity index (χ0v) is 12.0. The molecule has 0 amide bonds. The Morgan fingerprint density at radius 3 is 2.29 bits per heavy atom. The minimum atomic E-state index is -0.598. The number of hydrogen-bond acceptors (Lipinski definition) is 3. The van der Waals surface area contributed by atoms with E-state index >= 15 is 0 Å². The van der Waals surface area contributed by atoms with Crippen LogP contribution in [-0.2, 0) is 4.74 Å². The predicted molar refractivity (Wildman–Crippen MR) is 71.1 cm³/mol. The molecular formula is C14H29NO2. The lowest BCUT2D eigenvalue weighted by Crippen LogP contribution is -2.47.